The molecular formula is C27H26N6. The van der Waals surface area contributed by atoms with Gasteiger partial charge in [0.1, 0.15) is 12.7 Å². The quantitative estimate of drug-likeness (QED) is 0.332. The molecule has 1 atom stereocenters. The average Bonchev–Trinajstić information content (AvgIpc) is 3.58. The van der Waals surface area contributed by atoms with E-state index in [2.05, 4.69) is 98.4 Å². The van der Waals surface area contributed by atoms with E-state index in [1.165, 1.54) is 16.7 Å². The molecule has 0 amide bonds. The van der Waals surface area contributed by atoms with Gasteiger partial charge in [-0.2, -0.15) is 10.2 Å². The Morgan fingerprint density at radius 2 is 1.52 bits per heavy atom. The Bertz CT molecular complexity index is 1250. The van der Waals surface area contributed by atoms with Crippen LogP contribution in [0.3, 0.4) is 0 Å². The van der Waals surface area contributed by atoms with Crippen LogP contribution in [0.15, 0.2) is 104 Å². The molecule has 6 heteroatoms. The Balaban J connectivity index is 1.30. The van der Waals surface area contributed by atoms with E-state index in [0.717, 1.165) is 29.8 Å². The van der Waals surface area contributed by atoms with Crippen LogP contribution in [-0.4, -0.2) is 25.0 Å². The van der Waals surface area contributed by atoms with Crippen LogP contribution in [0, 0.1) is 0 Å². The van der Waals surface area contributed by atoms with Crippen molar-refractivity contribution in [3.63, 3.8) is 0 Å². The molecule has 0 aliphatic carbocycles. The number of aryl methyl sites for hydroxylation is 1. The summed E-state index contributed by atoms with van der Waals surface area (Å²) < 4.78 is 1.87. The summed E-state index contributed by atoms with van der Waals surface area (Å²) in [5.74, 6) is 0. The van der Waals surface area contributed by atoms with E-state index >= 15 is 0 Å². The predicted molar refractivity (Wildman–Crippen MR) is 130 cm³/mol. The van der Waals surface area contributed by atoms with Crippen molar-refractivity contribution < 1.29 is 0 Å². The SMILES string of the molecule is c1ccc(-c2ccc(-c3[nH]ncc3CN[C@H](CCn3cncn3)c3ccccc3)cc2)cc1. The molecule has 5 rings (SSSR count). The number of hydrogen-bond donors (Lipinski definition) is 2. The molecule has 0 radical (unpaired) electrons. The minimum atomic E-state index is 0.193. The molecule has 164 valence electrons. The monoisotopic (exact) mass is 434 g/mol. The molecule has 33 heavy (non-hydrogen) atoms. The fourth-order valence-corrected chi connectivity index (χ4v) is 4.07. The molecule has 0 spiro atoms. The summed E-state index contributed by atoms with van der Waals surface area (Å²) in [6, 6.07) is 29.8. The Kier molecular flexibility index (Phi) is 6.36. The van der Waals surface area contributed by atoms with Gasteiger partial charge in [0.05, 0.1) is 11.9 Å². The molecule has 0 aliphatic heterocycles. The Morgan fingerprint density at radius 3 is 2.24 bits per heavy atom. The van der Waals surface area contributed by atoms with Crippen molar-refractivity contribution in [2.75, 3.05) is 0 Å². The molecule has 0 bridgehead atoms. The molecule has 2 heterocycles. The molecule has 2 N–H and O–H groups in total. The Labute approximate surface area is 193 Å². The van der Waals surface area contributed by atoms with Gasteiger partial charge in [0.15, 0.2) is 0 Å². The molecule has 0 unspecified atom stereocenters. The summed E-state index contributed by atoms with van der Waals surface area (Å²) in [6.45, 7) is 1.51. The van der Waals surface area contributed by atoms with E-state index in [9.17, 15) is 0 Å². The highest BCUT2D eigenvalue weighted by molar-refractivity contribution is 5.69. The number of aromatic nitrogens is 5. The normalized spacial score (nSPS) is 12.0. The van der Waals surface area contributed by atoms with Crippen molar-refractivity contribution in [2.45, 2.75) is 25.6 Å². The number of hydrogen-bond acceptors (Lipinski definition) is 4. The van der Waals surface area contributed by atoms with Gasteiger partial charge < -0.3 is 5.32 Å². The van der Waals surface area contributed by atoms with Crippen molar-refractivity contribution in [1.82, 2.24) is 30.3 Å². The van der Waals surface area contributed by atoms with E-state index in [4.69, 9.17) is 0 Å². The van der Waals surface area contributed by atoms with E-state index in [0.29, 0.717) is 6.54 Å². The fourth-order valence-electron chi connectivity index (χ4n) is 4.07. The summed E-state index contributed by atoms with van der Waals surface area (Å²) in [4.78, 5) is 4.05. The highest BCUT2D eigenvalue weighted by Gasteiger charge is 2.14. The van der Waals surface area contributed by atoms with Gasteiger partial charge in [-0.3, -0.25) is 9.78 Å². The van der Waals surface area contributed by atoms with E-state index in [1.807, 2.05) is 23.0 Å². The van der Waals surface area contributed by atoms with Crippen LogP contribution in [0.25, 0.3) is 22.4 Å². The van der Waals surface area contributed by atoms with Gasteiger partial charge in [-0.25, -0.2) is 4.98 Å². The standard InChI is InChI=1S/C27H26N6/c1-3-7-21(8-4-1)22-11-13-24(14-12-22)27-25(18-30-32-27)17-29-26(23-9-5-2-6-10-23)15-16-33-20-28-19-31-33/h1-14,18-20,26,29H,15-17H2,(H,30,32)/t26-/m1/s1. The van der Waals surface area contributed by atoms with Crippen molar-refractivity contribution in [1.29, 1.82) is 0 Å². The maximum Gasteiger partial charge on any atom is 0.137 e. The van der Waals surface area contributed by atoms with Crippen LogP contribution < -0.4 is 5.32 Å². The Hall–Kier alpha value is -4.03. The minimum absolute atomic E-state index is 0.193. The first-order chi connectivity index (χ1) is 16.4. The van der Waals surface area contributed by atoms with Crippen LogP contribution >= 0.6 is 0 Å². The predicted octanol–water partition coefficient (Wildman–Crippen LogP) is 5.26. The summed E-state index contributed by atoms with van der Waals surface area (Å²) in [6.07, 6.45) is 6.15. The lowest BCUT2D eigenvalue weighted by Crippen LogP contribution is -2.22. The lowest BCUT2D eigenvalue weighted by Gasteiger charge is -2.19. The summed E-state index contributed by atoms with van der Waals surface area (Å²) in [7, 11) is 0. The highest BCUT2D eigenvalue weighted by atomic mass is 15.3. The highest BCUT2D eigenvalue weighted by Crippen LogP contribution is 2.26. The summed E-state index contributed by atoms with van der Waals surface area (Å²) in [5.41, 5.74) is 7.00. The first-order valence-corrected chi connectivity index (χ1v) is 11.2. The van der Waals surface area contributed by atoms with Gasteiger partial charge in [-0.05, 0) is 28.7 Å². The second-order valence-corrected chi connectivity index (χ2v) is 8.01. The first-order valence-electron chi connectivity index (χ1n) is 11.2. The zero-order valence-corrected chi connectivity index (χ0v) is 18.3. The van der Waals surface area contributed by atoms with Crippen molar-refractivity contribution in [3.8, 4) is 22.4 Å². The smallest absolute Gasteiger partial charge is 0.137 e. The zero-order valence-electron chi connectivity index (χ0n) is 18.3. The molecule has 5 aromatic rings. The third-order valence-corrected chi connectivity index (χ3v) is 5.85. The third kappa shape index (κ3) is 5.07. The Morgan fingerprint density at radius 1 is 0.818 bits per heavy atom. The topological polar surface area (TPSA) is 71.4 Å². The van der Waals surface area contributed by atoms with Crippen LogP contribution in [0.4, 0.5) is 0 Å². The number of nitrogens with zero attached hydrogens (tertiary/aromatic N) is 4. The van der Waals surface area contributed by atoms with E-state index in [-0.39, 0.29) is 6.04 Å². The minimum Gasteiger partial charge on any atom is -0.306 e. The molecule has 6 nitrogen and oxygen atoms in total. The van der Waals surface area contributed by atoms with Gasteiger partial charge >= 0.3 is 0 Å². The van der Waals surface area contributed by atoms with Gasteiger partial charge in [0.25, 0.3) is 0 Å². The second-order valence-electron chi connectivity index (χ2n) is 8.01. The lowest BCUT2D eigenvalue weighted by atomic mass is 10.0. The summed E-state index contributed by atoms with van der Waals surface area (Å²) >= 11 is 0. The van der Waals surface area contributed by atoms with Crippen LogP contribution in [-0.2, 0) is 13.1 Å². The summed E-state index contributed by atoms with van der Waals surface area (Å²) in [5, 5.41) is 15.5. The number of rotatable bonds is 9. The third-order valence-electron chi connectivity index (χ3n) is 5.85. The van der Waals surface area contributed by atoms with Crippen molar-refractivity contribution in [2.24, 2.45) is 0 Å². The molecular weight excluding hydrogens is 408 g/mol. The average molecular weight is 435 g/mol. The zero-order chi connectivity index (χ0) is 22.3. The number of nitrogens with one attached hydrogen (secondary N) is 2. The lowest BCUT2D eigenvalue weighted by molar-refractivity contribution is 0.445. The maximum atomic E-state index is 4.33. The molecule has 2 aromatic heterocycles. The molecule has 0 aliphatic rings. The molecule has 0 saturated heterocycles. The van der Waals surface area contributed by atoms with Crippen LogP contribution in [0.5, 0.6) is 0 Å². The van der Waals surface area contributed by atoms with Crippen molar-refractivity contribution >= 4 is 0 Å². The van der Waals surface area contributed by atoms with Crippen LogP contribution in [0.2, 0.25) is 0 Å². The number of aromatic amines is 1. The second kappa shape index (κ2) is 10.1. The van der Waals surface area contributed by atoms with Gasteiger partial charge in [-0.1, -0.05) is 84.9 Å². The maximum absolute atomic E-state index is 4.33. The molecule has 0 saturated carbocycles. The number of benzene rings is 3. The van der Waals surface area contributed by atoms with Gasteiger partial charge in [0, 0.05) is 24.7 Å². The molecule has 3 aromatic carbocycles. The van der Waals surface area contributed by atoms with E-state index in [1.54, 1.807) is 12.7 Å². The van der Waals surface area contributed by atoms with Gasteiger partial charge in [-0.15, -0.1) is 0 Å². The fraction of sp³-hybridized carbons (Fsp3) is 0.148. The number of H-pyrrole nitrogens is 1. The van der Waals surface area contributed by atoms with E-state index < -0.39 is 0 Å². The first kappa shape index (κ1) is 20.8. The molecule has 0 fully saturated rings. The largest absolute Gasteiger partial charge is 0.306 e. The van der Waals surface area contributed by atoms with Gasteiger partial charge in [0.2, 0.25) is 0 Å². The van der Waals surface area contributed by atoms with Crippen LogP contribution in [0.1, 0.15) is 23.6 Å². The van der Waals surface area contributed by atoms with Crippen molar-refractivity contribution in [3.05, 3.63) is 115 Å².